The molecular weight excluding hydrogens is 335 g/mol. The topological polar surface area (TPSA) is 63.6 Å². The maximum Gasteiger partial charge on any atom is 0.343 e. The van der Waals surface area contributed by atoms with Gasteiger partial charge in [0.2, 0.25) is 0 Å². The van der Waals surface area contributed by atoms with Gasteiger partial charge in [-0.1, -0.05) is 18.7 Å². The first kappa shape index (κ1) is 15.9. The number of aromatic nitrogens is 4. The second-order valence-corrected chi connectivity index (χ2v) is 6.70. The van der Waals surface area contributed by atoms with Crippen molar-refractivity contribution in [3.63, 3.8) is 0 Å². The monoisotopic (exact) mass is 350 g/mol. The molecule has 0 aliphatic carbocycles. The summed E-state index contributed by atoms with van der Waals surface area (Å²) in [6, 6.07) is 6.30. The smallest absolute Gasteiger partial charge is 0.270 e. The zero-order valence-electron chi connectivity index (χ0n) is 12.5. The van der Waals surface area contributed by atoms with Gasteiger partial charge in [-0.2, -0.15) is 0 Å². The van der Waals surface area contributed by atoms with Gasteiger partial charge in [-0.25, -0.2) is 19.3 Å². The Morgan fingerprint density at radius 1 is 1.35 bits per heavy atom. The summed E-state index contributed by atoms with van der Waals surface area (Å²) < 4.78 is 14.6. The van der Waals surface area contributed by atoms with Crippen molar-refractivity contribution >= 4 is 23.1 Å². The Bertz CT molecular complexity index is 838. The van der Waals surface area contributed by atoms with Crippen molar-refractivity contribution in [2.24, 2.45) is 0 Å². The number of H-pyrrole nitrogens is 1. The van der Waals surface area contributed by atoms with E-state index in [1.54, 1.807) is 16.7 Å². The minimum Gasteiger partial charge on any atom is -0.270 e. The van der Waals surface area contributed by atoms with Crippen molar-refractivity contribution in [3.05, 3.63) is 51.6 Å². The third kappa shape index (κ3) is 3.70. The minimum atomic E-state index is -0.256. The van der Waals surface area contributed by atoms with Gasteiger partial charge >= 0.3 is 5.69 Å². The van der Waals surface area contributed by atoms with Crippen LogP contribution in [0.2, 0.25) is 0 Å². The van der Waals surface area contributed by atoms with Crippen LogP contribution in [-0.4, -0.2) is 19.7 Å². The normalized spacial score (nSPS) is 11.0. The van der Waals surface area contributed by atoms with Crippen LogP contribution in [0.1, 0.15) is 19.0 Å². The van der Waals surface area contributed by atoms with Gasteiger partial charge in [0.05, 0.1) is 5.69 Å². The predicted molar refractivity (Wildman–Crippen MR) is 90.2 cm³/mol. The van der Waals surface area contributed by atoms with Gasteiger partial charge in [0, 0.05) is 23.2 Å². The molecule has 0 saturated heterocycles. The van der Waals surface area contributed by atoms with Crippen molar-refractivity contribution in [1.82, 2.24) is 19.7 Å². The van der Waals surface area contributed by atoms with E-state index < -0.39 is 0 Å². The molecule has 0 aliphatic rings. The quantitative estimate of drug-likeness (QED) is 0.691. The van der Waals surface area contributed by atoms with Crippen molar-refractivity contribution in [2.45, 2.75) is 30.8 Å². The lowest BCUT2D eigenvalue weighted by molar-refractivity contribution is 0.604. The Kier molecular flexibility index (Phi) is 4.92. The van der Waals surface area contributed by atoms with Crippen LogP contribution in [0.4, 0.5) is 4.39 Å². The van der Waals surface area contributed by atoms with Gasteiger partial charge < -0.3 is 0 Å². The van der Waals surface area contributed by atoms with E-state index in [0.29, 0.717) is 17.5 Å². The van der Waals surface area contributed by atoms with E-state index in [9.17, 15) is 9.18 Å². The number of benzene rings is 1. The SMILES string of the molecule is CCCn1c(SCc2csc(-c3ccc(F)cc3)n2)n[nH]c1=O. The molecule has 2 aromatic heterocycles. The Morgan fingerprint density at radius 2 is 2.13 bits per heavy atom. The molecular formula is C15H15FN4OS2. The Hall–Kier alpha value is -1.93. The summed E-state index contributed by atoms with van der Waals surface area (Å²) in [5.74, 6) is 0.375. The Balaban J connectivity index is 1.70. The van der Waals surface area contributed by atoms with Crippen molar-refractivity contribution in [3.8, 4) is 10.6 Å². The van der Waals surface area contributed by atoms with Crippen LogP contribution >= 0.6 is 23.1 Å². The number of thiazole rings is 1. The second kappa shape index (κ2) is 7.10. The highest BCUT2D eigenvalue weighted by Gasteiger charge is 2.10. The fraction of sp³-hybridized carbons (Fsp3) is 0.267. The molecule has 0 unspecified atom stereocenters. The summed E-state index contributed by atoms with van der Waals surface area (Å²) in [5, 5.41) is 10.0. The fourth-order valence-corrected chi connectivity index (χ4v) is 3.87. The lowest BCUT2D eigenvalue weighted by Gasteiger charge is -2.02. The number of hydrogen-bond donors (Lipinski definition) is 1. The van der Waals surface area contributed by atoms with Crippen molar-refractivity contribution in [1.29, 1.82) is 0 Å². The van der Waals surface area contributed by atoms with Gasteiger partial charge in [0.1, 0.15) is 10.8 Å². The number of halogens is 1. The number of hydrogen-bond acceptors (Lipinski definition) is 5. The summed E-state index contributed by atoms with van der Waals surface area (Å²) in [6.45, 7) is 2.67. The maximum atomic E-state index is 13.0. The Labute approximate surface area is 140 Å². The number of nitrogens with one attached hydrogen (secondary N) is 1. The maximum absolute atomic E-state index is 13.0. The highest BCUT2D eigenvalue weighted by atomic mass is 32.2. The van der Waals surface area contributed by atoms with E-state index in [1.807, 2.05) is 12.3 Å². The van der Waals surface area contributed by atoms with E-state index in [4.69, 9.17) is 0 Å². The van der Waals surface area contributed by atoms with Crippen LogP contribution in [0.15, 0.2) is 39.6 Å². The molecule has 23 heavy (non-hydrogen) atoms. The molecule has 120 valence electrons. The molecule has 0 bridgehead atoms. The minimum absolute atomic E-state index is 0.181. The third-order valence-corrected chi connectivity index (χ3v) is 5.11. The molecule has 1 aromatic carbocycles. The number of nitrogens with zero attached hydrogens (tertiary/aromatic N) is 3. The number of rotatable bonds is 6. The molecule has 0 radical (unpaired) electrons. The van der Waals surface area contributed by atoms with Gasteiger partial charge in [0.15, 0.2) is 5.16 Å². The molecule has 0 amide bonds. The van der Waals surface area contributed by atoms with Crippen LogP contribution in [-0.2, 0) is 12.3 Å². The molecule has 5 nitrogen and oxygen atoms in total. The molecule has 0 saturated carbocycles. The first-order valence-electron chi connectivity index (χ1n) is 7.15. The molecule has 8 heteroatoms. The molecule has 0 aliphatic heterocycles. The zero-order chi connectivity index (χ0) is 16.2. The van der Waals surface area contributed by atoms with Gasteiger partial charge in [0.25, 0.3) is 0 Å². The van der Waals surface area contributed by atoms with E-state index in [1.165, 1.54) is 35.2 Å². The van der Waals surface area contributed by atoms with Crippen LogP contribution in [0.3, 0.4) is 0 Å². The molecule has 2 heterocycles. The summed E-state index contributed by atoms with van der Waals surface area (Å²) in [5.41, 5.74) is 1.63. The predicted octanol–water partition coefficient (Wildman–Crippen LogP) is 3.54. The zero-order valence-corrected chi connectivity index (χ0v) is 14.1. The highest BCUT2D eigenvalue weighted by molar-refractivity contribution is 7.98. The molecule has 0 spiro atoms. The summed E-state index contributed by atoms with van der Waals surface area (Å²) in [7, 11) is 0. The second-order valence-electron chi connectivity index (χ2n) is 4.90. The van der Waals surface area contributed by atoms with E-state index in [0.717, 1.165) is 22.7 Å². The summed E-state index contributed by atoms with van der Waals surface area (Å²) >= 11 is 3.00. The van der Waals surface area contributed by atoms with Crippen LogP contribution in [0.5, 0.6) is 0 Å². The Morgan fingerprint density at radius 3 is 2.87 bits per heavy atom. The fourth-order valence-electron chi connectivity index (χ4n) is 2.07. The van der Waals surface area contributed by atoms with Crippen LogP contribution in [0, 0.1) is 5.82 Å². The molecule has 0 fully saturated rings. The first-order chi connectivity index (χ1) is 11.2. The molecule has 3 aromatic rings. The van der Waals surface area contributed by atoms with Crippen LogP contribution < -0.4 is 5.69 Å². The molecule has 3 rings (SSSR count). The third-order valence-electron chi connectivity index (χ3n) is 3.16. The summed E-state index contributed by atoms with van der Waals surface area (Å²) in [6.07, 6.45) is 0.873. The average Bonchev–Trinajstić information content (AvgIpc) is 3.15. The number of aromatic amines is 1. The average molecular weight is 350 g/mol. The van der Waals surface area contributed by atoms with E-state index in [2.05, 4.69) is 15.2 Å². The molecule has 1 N–H and O–H groups in total. The van der Waals surface area contributed by atoms with Gasteiger partial charge in [-0.3, -0.25) is 4.57 Å². The van der Waals surface area contributed by atoms with Crippen molar-refractivity contribution < 1.29 is 4.39 Å². The first-order valence-corrected chi connectivity index (χ1v) is 9.02. The van der Waals surface area contributed by atoms with E-state index in [-0.39, 0.29) is 11.5 Å². The van der Waals surface area contributed by atoms with E-state index >= 15 is 0 Å². The van der Waals surface area contributed by atoms with Gasteiger partial charge in [-0.15, -0.1) is 16.4 Å². The highest BCUT2D eigenvalue weighted by Crippen LogP contribution is 2.27. The van der Waals surface area contributed by atoms with Crippen LogP contribution in [0.25, 0.3) is 10.6 Å². The number of thioether (sulfide) groups is 1. The van der Waals surface area contributed by atoms with Gasteiger partial charge in [-0.05, 0) is 30.7 Å². The molecule has 0 atom stereocenters. The standard InChI is InChI=1S/C15H15FN4OS2/c1-2-7-20-14(21)18-19-15(20)23-9-12-8-22-13(17-12)10-3-5-11(16)6-4-10/h3-6,8H,2,7,9H2,1H3,(H,18,21). The lowest BCUT2D eigenvalue weighted by atomic mass is 10.2. The largest absolute Gasteiger partial charge is 0.343 e. The summed E-state index contributed by atoms with van der Waals surface area (Å²) in [4.78, 5) is 16.2. The lowest BCUT2D eigenvalue weighted by Crippen LogP contribution is -2.17. The van der Waals surface area contributed by atoms with Crippen molar-refractivity contribution in [2.75, 3.05) is 0 Å².